The van der Waals surface area contributed by atoms with Crippen molar-refractivity contribution in [3.05, 3.63) is 29.6 Å². The summed E-state index contributed by atoms with van der Waals surface area (Å²) >= 11 is 0. The third-order valence-electron chi connectivity index (χ3n) is 3.98. The molecule has 0 atom stereocenters. The zero-order valence-corrected chi connectivity index (χ0v) is 10.8. The number of carbonyl (C=O) groups excluding carboxylic acids is 1. The van der Waals surface area contributed by atoms with Gasteiger partial charge in [-0.25, -0.2) is 4.39 Å². The Labute approximate surface area is 111 Å². The third-order valence-corrected chi connectivity index (χ3v) is 3.98. The van der Waals surface area contributed by atoms with Gasteiger partial charge in [0.25, 0.3) is 5.91 Å². The highest BCUT2D eigenvalue weighted by Gasteiger charge is 2.66. The van der Waals surface area contributed by atoms with E-state index in [1.807, 2.05) is 0 Å². The average molecular weight is 264 g/mol. The highest BCUT2D eigenvalue weighted by Crippen LogP contribution is 2.58. The molecule has 4 rings (SSSR count). The van der Waals surface area contributed by atoms with Crippen LogP contribution < -0.4 is 15.8 Å². The monoisotopic (exact) mass is 264 g/mol. The van der Waals surface area contributed by atoms with Crippen molar-refractivity contribution in [1.29, 1.82) is 0 Å². The highest BCUT2D eigenvalue weighted by molar-refractivity contribution is 5.79. The first kappa shape index (κ1) is 12.4. The molecule has 3 aliphatic rings. The fourth-order valence-electron chi connectivity index (χ4n) is 3.19. The number of carbonyl (C=O) groups is 1. The van der Waals surface area contributed by atoms with E-state index in [4.69, 9.17) is 10.5 Å². The fourth-order valence-corrected chi connectivity index (χ4v) is 3.19. The molecule has 3 aliphatic carbocycles. The van der Waals surface area contributed by atoms with Crippen molar-refractivity contribution in [2.24, 2.45) is 5.73 Å². The first-order chi connectivity index (χ1) is 8.90. The molecule has 0 saturated heterocycles. The Balaban J connectivity index is 1.49. The molecule has 0 radical (unpaired) electrons. The standard InChI is InChI=1S/C14H17FN2O2/c1-9-4-10(2-3-11(9)15)19-5-12(18)17-14-6-13(16,7-14)8-14/h2-4H,5-8,16H2,1H3,(H,17,18). The third kappa shape index (κ3) is 2.18. The van der Waals surface area contributed by atoms with E-state index in [-0.39, 0.29) is 29.4 Å². The van der Waals surface area contributed by atoms with Crippen LogP contribution in [0.1, 0.15) is 24.8 Å². The summed E-state index contributed by atoms with van der Waals surface area (Å²) in [7, 11) is 0. The number of nitrogens with one attached hydrogen (secondary N) is 1. The highest BCUT2D eigenvalue weighted by atomic mass is 19.1. The Kier molecular flexibility index (Phi) is 2.57. The summed E-state index contributed by atoms with van der Waals surface area (Å²) in [6.07, 6.45) is 2.59. The lowest BCUT2D eigenvalue weighted by Crippen LogP contribution is -2.82. The van der Waals surface area contributed by atoms with Crippen LogP contribution in [-0.2, 0) is 4.79 Å². The zero-order valence-electron chi connectivity index (χ0n) is 10.8. The molecule has 1 aromatic rings. The molecular weight excluding hydrogens is 247 g/mol. The SMILES string of the molecule is Cc1cc(OCC(=O)NC23CC(N)(C2)C3)ccc1F. The van der Waals surface area contributed by atoms with Crippen molar-refractivity contribution < 1.29 is 13.9 Å². The Hall–Kier alpha value is -1.62. The van der Waals surface area contributed by atoms with Gasteiger partial charge in [0.15, 0.2) is 6.61 Å². The summed E-state index contributed by atoms with van der Waals surface area (Å²) in [5.74, 6) is 0.0737. The van der Waals surface area contributed by atoms with Gasteiger partial charge in [0.2, 0.25) is 0 Å². The van der Waals surface area contributed by atoms with Crippen LogP contribution in [0.2, 0.25) is 0 Å². The lowest BCUT2D eigenvalue weighted by atomic mass is 9.44. The number of aryl methyl sites for hydroxylation is 1. The molecule has 1 amide bonds. The van der Waals surface area contributed by atoms with Gasteiger partial charge in [-0.2, -0.15) is 0 Å². The Morgan fingerprint density at radius 2 is 2.16 bits per heavy atom. The van der Waals surface area contributed by atoms with Crippen LogP contribution in [0.5, 0.6) is 5.75 Å². The lowest BCUT2D eigenvalue weighted by molar-refractivity contribution is -0.137. The van der Waals surface area contributed by atoms with Gasteiger partial charge in [-0.05, 0) is 49.9 Å². The van der Waals surface area contributed by atoms with E-state index in [0.717, 1.165) is 19.3 Å². The van der Waals surface area contributed by atoms with E-state index in [1.54, 1.807) is 13.0 Å². The van der Waals surface area contributed by atoms with Crippen molar-refractivity contribution in [2.45, 2.75) is 37.3 Å². The Morgan fingerprint density at radius 3 is 2.74 bits per heavy atom. The maximum absolute atomic E-state index is 13.1. The fraction of sp³-hybridized carbons (Fsp3) is 0.500. The summed E-state index contributed by atoms with van der Waals surface area (Å²) in [6.45, 7) is 1.61. The predicted octanol–water partition coefficient (Wildman–Crippen LogP) is 1.26. The van der Waals surface area contributed by atoms with Crippen LogP contribution in [-0.4, -0.2) is 23.6 Å². The molecule has 3 saturated carbocycles. The predicted molar refractivity (Wildman–Crippen MR) is 68.3 cm³/mol. The maximum Gasteiger partial charge on any atom is 0.258 e. The topological polar surface area (TPSA) is 64.3 Å². The van der Waals surface area contributed by atoms with Crippen LogP contribution in [0.15, 0.2) is 18.2 Å². The molecule has 3 fully saturated rings. The number of hydrogen-bond acceptors (Lipinski definition) is 3. The number of ether oxygens (including phenoxy) is 1. The number of nitrogens with two attached hydrogens (primary N) is 1. The number of hydrogen-bond donors (Lipinski definition) is 2. The minimum absolute atomic E-state index is 0.0256. The summed E-state index contributed by atoms with van der Waals surface area (Å²) in [6, 6.07) is 4.44. The first-order valence-corrected chi connectivity index (χ1v) is 6.39. The second-order valence-corrected chi connectivity index (χ2v) is 5.92. The molecule has 2 bridgehead atoms. The van der Waals surface area contributed by atoms with Crippen molar-refractivity contribution in [2.75, 3.05) is 6.61 Å². The largest absolute Gasteiger partial charge is 0.484 e. The summed E-state index contributed by atoms with van der Waals surface area (Å²) < 4.78 is 18.4. The minimum Gasteiger partial charge on any atom is -0.484 e. The van der Waals surface area contributed by atoms with E-state index in [9.17, 15) is 9.18 Å². The van der Waals surface area contributed by atoms with Gasteiger partial charge in [-0.15, -0.1) is 0 Å². The number of halogens is 1. The van der Waals surface area contributed by atoms with Crippen molar-refractivity contribution in [1.82, 2.24) is 5.32 Å². The van der Waals surface area contributed by atoms with Gasteiger partial charge in [0, 0.05) is 11.1 Å². The second kappa shape index (κ2) is 3.93. The average Bonchev–Trinajstić information content (AvgIpc) is 2.27. The van der Waals surface area contributed by atoms with Crippen LogP contribution >= 0.6 is 0 Å². The van der Waals surface area contributed by atoms with Crippen LogP contribution in [0.25, 0.3) is 0 Å². The molecular formula is C14H17FN2O2. The zero-order chi connectivity index (χ0) is 13.7. The Bertz CT molecular complexity index is 524. The van der Waals surface area contributed by atoms with Crippen molar-refractivity contribution in [3.8, 4) is 5.75 Å². The van der Waals surface area contributed by atoms with E-state index < -0.39 is 0 Å². The molecule has 102 valence electrons. The van der Waals surface area contributed by atoms with Crippen LogP contribution in [0.4, 0.5) is 4.39 Å². The molecule has 1 aromatic carbocycles. The second-order valence-electron chi connectivity index (χ2n) is 5.92. The molecule has 0 aliphatic heterocycles. The van der Waals surface area contributed by atoms with Gasteiger partial charge in [-0.3, -0.25) is 4.79 Å². The molecule has 4 nitrogen and oxygen atoms in total. The van der Waals surface area contributed by atoms with E-state index in [2.05, 4.69) is 5.32 Å². The molecule has 0 spiro atoms. The summed E-state index contributed by atoms with van der Waals surface area (Å²) in [5, 5.41) is 2.96. The quantitative estimate of drug-likeness (QED) is 0.860. The first-order valence-electron chi connectivity index (χ1n) is 6.39. The van der Waals surface area contributed by atoms with E-state index >= 15 is 0 Å². The smallest absolute Gasteiger partial charge is 0.258 e. The molecule has 0 heterocycles. The Morgan fingerprint density at radius 1 is 1.47 bits per heavy atom. The molecule has 3 N–H and O–H groups in total. The van der Waals surface area contributed by atoms with Crippen LogP contribution in [0, 0.1) is 12.7 Å². The van der Waals surface area contributed by atoms with E-state index in [0.29, 0.717) is 11.3 Å². The lowest BCUT2D eigenvalue weighted by Gasteiger charge is -2.68. The molecule has 0 aromatic heterocycles. The molecule has 19 heavy (non-hydrogen) atoms. The van der Waals surface area contributed by atoms with Crippen molar-refractivity contribution in [3.63, 3.8) is 0 Å². The van der Waals surface area contributed by atoms with E-state index in [1.165, 1.54) is 12.1 Å². The number of benzene rings is 1. The molecule has 5 heteroatoms. The van der Waals surface area contributed by atoms with Crippen LogP contribution in [0.3, 0.4) is 0 Å². The van der Waals surface area contributed by atoms with Gasteiger partial charge in [-0.1, -0.05) is 0 Å². The van der Waals surface area contributed by atoms with Gasteiger partial charge in [0.05, 0.1) is 0 Å². The van der Waals surface area contributed by atoms with Gasteiger partial charge >= 0.3 is 0 Å². The van der Waals surface area contributed by atoms with Gasteiger partial charge < -0.3 is 15.8 Å². The number of rotatable bonds is 4. The summed E-state index contributed by atoms with van der Waals surface area (Å²) in [5.41, 5.74) is 6.33. The molecule has 0 unspecified atom stereocenters. The minimum atomic E-state index is -0.279. The van der Waals surface area contributed by atoms with Gasteiger partial charge in [0.1, 0.15) is 11.6 Å². The summed E-state index contributed by atoms with van der Waals surface area (Å²) in [4.78, 5) is 11.8. The number of amides is 1. The maximum atomic E-state index is 13.1. The normalized spacial score (nSPS) is 31.1. The van der Waals surface area contributed by atoms with Crippen molar-refractivity contribution >= 4 is 5.91 Å².